The second-order valence-corrected chi connectivity index (χ2v) is 5.07. The van der Waals surface area contributed by atoms with Crippen molar-refractivity contribution in [2.75, 3.05) is 0 Å². The number of carboxylic acid groups (broad SMARTS) is 1. The van der Waals surface area contributed by atoms with Crippen molar-refractivity contribution < 1.29 is 14.4 Å². The summed E-state index contributed by atoms with van der Waals surface area (Å²) >= 11 is 1.64. The Hall–Kier alpha value is -1.82. The quantitative estimate of drug-likeness (QED) is 0.819. The SMILES string of the molecule is Cc1ccccc1SCc1noc(CCC(=O)O)n1. The maximum absolute atomic E-state index is 10.4. The van der Waals surface area contributed by atoms with Crippen molar-refractivity contribution in [2.24, 2.45) is 0 Å². The molecule has 0 aliphatic carbocycles. The van der Waals surface area contributed by atoms with Gasteiger partial charge in [-0.05, 0) is 18.6 Å². The van der Waals surface area contributed by atoms with Crippen LogP contribution in [-0.2, 0) is 17.0 Å². The van der Waals surface area contributed by atoms with Crippen LogP contribution in [0.5, 0.6) is 0 Å². The zero-order valence-electron chi connectivity index (χ0n) is 10.5. The van der Waals surface area contributed by atoms with E-state index in [1.165, 1.54) is 10.5 Å². The topological polar surface area (TPSA) is 76.2 Å². The number of nitrogens with zero attached hydrogens (tertiary/aromatic N) is 2. The van der Waals surface area contributed by atoms with Crippen molar-refractivity contribution in [1.29, 1.82) is 0 Å². The Morgan fingerprint density at radius 2 is 2.21 bits per heavy atom. The maximum Gasteiger partial charge on any atom is 0.303 e. The molecular weight excluding hydrogens is 264 g/mol. The number of benzene rings is 1. The molecule has 0 amide bonds. The lowest BCUT2D eigenvalue weighted by atomic mass is 10.2. The lowest BCUT2D eigenvalue weighted by Crippen LogP contribution is -1.97. The summed E-state index contributed by atoms with van der Waals surface area (Å²) in [6.45, 7) is 2.05. The molecule has 1 heterocycles. The summed E-state index contributed by atoms with van der Waals surface area (Å²) in [5.74, 6) is 0.715. The summed E-state index contributed by atoms with van der Waals surface area (Å²) in [4.78, 5) is 15.8. The molecule has 0 saturated carbocycles. The van der Waals surface area contributed by atoms with E-state index in [1.54, 1.807) is 11.8 Å². The highest BCUT2D eigenvalue weighted by molar-refractivity contribution is 7.98. The Kier molecular flexibility index (Phi) is 4.57. The van der Waals surface area contributed by atoms with Gasteiger partial charge in [-0.2, -0.15) is 4.98 Å². The van der Waals surface area contributed by atoms with Crippen LogP contribution >= 0.6 is 11.8 Å². The van der Waals surface area contributed by atoms with Gasteiger partial charge in [-0.1, -0.05) is 23.4 Å². The molecule has 0 saturated heterocycles. The van der Waals surface area contributed by atoms with Crippen LogP contribution in [0.4, 0.5) is 0 Å². The highest BCUT2D eigenvalue weighted by Gasteiger charge is 2.09. The summed E-state index contributed by atoms with van der Waals surface area (Å²) in [6.07, 6.45) is 0.282. The van der Waals surface area contributed by atoms with Gasteiger partial charge in [0.05, 0.1) is 12.2 Å². The Bertz CT molecular complexity index is 569. The second-order valence-electron chi connectivity index (χ2n) is 4.05. The first kappa shape index (κ1) is 13.6. The molecule has 5 nitrogen and oxygen atoms in total. The number of thioether (sulfide) groups is 1. The molecule has 0 atom stereocenters. The average molecular weight is 278 g/mol. The van der Waals surface area contributed by atoms with Crippen molar-refractivity contribution in [3.63, 3.8) is 0 Å². The molecule has 2 aromatic rings. The molecule has 6 heteroatoms. The standard InChI is InChI=1S/C13H14N2O3S/c1-9-4-2-3-5-10(9)19-8-11-14-12(18-15-11)6-7-13(16)17/h2-5H,6-8H2,1H3,(H,16,17). The van der Waals surface area contributed by atoms with E-state index in [4.69, 9.17) is 9.63 Å². The fraction of sp³-hybridized carbons (Fsp3) is 0.308. The van der Waals surface area contributed by atoms with Crippen LogP contribution in [0.1, 0.15) is 23.7 Å². The summed E-state index contributed by atoms with van der Waals surface area (Å²) in [5, 5.41) is 12.4. The Morgan fingerprint density at radius 1 is 1.42 bits per heavy atom. The van der Waals surface area contributed by atoms with Gasteiger partial charge in [0.25, 0.3) is 0 Å². The van der Waals surface area contributed by atoms with E-state index in [0.29, 0.717) is 17.5 Å². The largest absolute Gasteiger partial charge is 0.481 e. The molecule has 1 aromatic heterocycles. The first-order valence-corrected chi connectivity index (χ1v) is 6.85. The number of carbonyl (C=O) groups is 1. The number of hydrogen-bond donors (Lipinski definition) is 1. The lowest BCUT2D eigenvalue weighted by Gasteiger charge is -2.01. The second kappa shape index (κ2) is 6.38. The predicted octanol–water partition coefficient (Wildman–Crippen LogP) is 2.69. The van der Waals surface area contributed by atoms with Crippen LogP contribution in [-0.4, -0.2) is 21.2 Å². The van der Waals surface area contributed by atoms with E-state index in [9.17, 15) is 4.79 Å². The third-order valence-corrected chi connectivity index (χ3v) is 3.68. The molecule has 0 aliphatic rings. The van der Waals surface area contributed by atoms with Crippen molar-refractivity contribution in [3.05, 3.63) is 41.5 Å². The molecular formula is C13H14N2O3S. The Morgan fingerprint density at radius 3 is 2.95 bits per heavy atom. The number of aliphatic carboxylic acids is 1. The molecule has 19 heavy (non-hydrogen) atoms. The highest BCUT2D eigenvalue weighted by atomic mass is 32.2. The van der Waals surface area contributed by atoms with Crippen molar-refractivity contribution in [2.45, 2.75) is 30.4 Å². The van der Waals surface area contributed by atoms with Crippen molar-refractivity contribution >= 4 is 17.7 Å². The van der Waals surface area contributed by atoms with Crippen LogP contribution < -0.4 is 0 Å². The van der Waals surface area contributed by atoms with Crippen LogP contribution in [0.15, 0.2) is 33.7 Å². The number of aromatic nitrogens is 2. The molecule has 1 aromatic carbocycles. The molecule has 0 radical (unpaired) electrons. The minimum Gasteiger partial charge on any atom is -0.481 e. The van der Waals surface area contributed by atoms with Crippen molar-refractivity contribution in [3.8, 4) is 0 Å². The maximum atomic E-state index is 10.4. The van der Waals surface area contributed by atoms with E-state index in [2.05, 4.69) is 23.1 Å². The molecule has 0 fully saturated rings. The smallest absolute Gasteiger partial charge is 0.303 e. The van der Waals surface area contributed by atoms with Gasteiger partial charge in [-0.3, -0.25) is 4.79 Å². The summed E-state index contributed by atoms with van der Waals surface area (Å²) in [7, 11) is 0. The van der Waals surface area contributed by atoms with Crippen LogP contribution in [0, 0.1) is 6.92 Å². The lowest BCUT2D eigenvalue weighted by molar-refractivity contribution is -0.137. The third kappa shape index (κ3) is 4.10. The van der Waals surface area contributed by atoms with E-state index >= 15 is 0 Å². The Labute approximate surface area is 115 Å². The van der Waals surface area contributed by atoms with Gasteiger partial charge in [0, 0.05) is 11.3 Å². The molecule has 0 bridgehead atoms. The van der Waals surface area contributed by atoms with Gasteiger partial charge in [0.2, 0.25) is 5.89 Å². The van der Waals surface area contributed by atoms with Gasteiger partial charge in [-0.15, -0.1) is 11.8 Å². The fourth-order valence-corrected chi connectivity index (χ4v) is 2.40. The molecule has 100 valence electrons. The van der Waals surface area contributed by atoms with Crippen LogP contribution in [0.2, 0.25) is 0 Å². The summed E-state index contributed by atoms with van der Waals surface area (Å²) < 4.78 is 5.00. The van der Waals surface area contributed by atoms with Gasteiger partial charge >= 0.3 is 5.97 Å². The first-order chi connectivity index (χ1) is 9.15. The van der Waals surface area contributed by atoms with Crippen molar-refractivity contribution in [1.82, 2.24) is 10.1 Å². The zero-order chi connectivity index (χ0) is 13.7. The molecule has 0 spiro atoms. The van der Waals surface area contributed by atoms with Gasteiger partial charge in [-0.25, -0.2) is 0 Å². The minimum atomic E-state index is -0.867. The Balaban J connectivity index is 1.90. The van der Waals surface area contributed by atoms with Crippen LogP contribution in [0.3, 0.4) is 0 Å². The highest BCUT2D eigenvalue weighted by Crippen LogP contribution is 2.24. The van der Waals surface area contributed by atoms with E-state index in [0.717, 1.165) is 0 Å². The fourth-order valence-electron chi connectivity index (χ4n) is 1.52. The summed E-state index contributed by atoms with van der Waals surface area (Å²) in [5.41, 5.74) is 1.21. The number of hydrogen-bond acceptors (Lipinski definition) is 5. The minimum absolute atomic E-state index is 0.00652. The third-order valence-electron chi connectivity index (χ3n) is 2.51. The average Bonchev–Trinajstić information content (AvgIpc) is 2.83. The molecule has 1 N–H and O–H groups in total. The molecule has 2 rings (SSSR count). The molecule has 0 unspecified atom stereocenters. The monoisotopic (exact) mass is 278 g/mol. The van der Waals surface area contributed by atoms with Gasteiger partial charge < -0.3 is 9.63 Å². The predicted molar refractivity (Wildman–Crippen MR) is 71.0 cm³/mol. The first-order valence-electron chi connectivity index (χ1n) is 5.87. The zero-order valence-corrected chi connectivity index (χ0v) is 11.3. The van der Waals surface area contributed by atoms with Gasteiger partial charge in [0.1, 0.15) is 0 Å². The summed E-state index contributed by atoms with van der Waals surface area (Å²) in [6, 6.07) is 8.09. The normalized spacial score (nSPS) is 10.6. The van der Waals surface area contributed by atoms with E-state index in [-0.39, 0.29) is 12.8 Å². The number of aryl methyl sites for hydroxylation is 2. The van der Waals surface area contributed by atoms with Crippen LogP contribution in [0.25, 0.3) is 0 Å². The number of carboxylic acids is 1. The van der Waals surface area contributed by atoms with Gasteiger partial charge in [0.15, 0.2) is 5.82 Å². The molecule has 0 aliphatic heterocycles. The number of rotatable bonds is 6. The van der Waals surface area contributed by atoms with E-state index in [1.807, 2.05) is 18.2 Å². The van der Waals surface area contributed by atoms with E-state index < -0.39 is 5.97 Å².